The van der Waals surface area contributed by atoms with Crippen LogP contribution >= 0.6 is 23.6 Å². The molecule has 0 bridgehead atoms. The predicted octanol–water partition coefficient (Wildman–Crippen LogP) is 4.37. The van der Waals surface area contributed by atoms with Gasteiger partial charge in [0, 0.05) is 10.9 Å². The highest BCUT2D eigenvalue weighted by molar-refractivity contribution is 7.71. The standard InChI is InChI=1S/C16H10N2O2S2/c19-15-13-11(12-7-4-8-20-12)9-22-14(13)17-16(21)18(15)10-5-2-1-3-6-10/h1-9H,(H,17,21). The molecule has 3 aromatic heterocycles. The van der Waals surface area contributed by atoms with Crippen LogP contribution in [0.5, 0.6) is 0 Å². The molecule has 0 aliphatic carbocycles. The topological polar surface area (TPSA) is 50.9 Å². The van der Waals surface area contributed by atoms with E-state index < -0.39 is 0 Å². The number of fused-ring (bicyclic) bond motifs is 1. The number of rotatable bonds is 2. The Kier molecular flexibility index (Phi) is 3.06. The number of aromatic nitrogens is 2. The molecule has 6 heteroatoms. The SMILES string of the molecule is O=c1c2c(-c3ccco3)csc2[nH]c(=S)n1-c1ccccc1. The van der Waals surface area contributed by atoms with Crippen LogP contribution in [0.3, 0.4) is 0 Å². The van der Waals surface area contributed by atoms with E-state index in [9.17, 15) is 4.79 Å². The van der Waals surface area contributed by atoms with Gasteiger partial charge >= 0.3 is 0 Å². The quantitative estimate of drug-likeness (QED) is 0.557. The molecule has 1 aromatic carbocycles. The van der Waals surface area contributed by atoms with Crippen LogP contribution in [0, 0.1) is 4.77 Å². The van der Waals surface area contributed by atoms with Gasteiger partial charge in [0.2, 0.25) is 0 Å². The van der Waals surface area contributed by atoms with Crippen molar-refractivity contribution < 1.29 is 4.42 Å². The molecule has 0 spiro atoms. The minimum atomic E-state index is -0.141. The summed E-state index contributed by atoms with van der Waals surface area (Å²) >= 11 is 6.80. The second-order valence-corrected chi connectivity index (χ2v) is 6.00. The molecular formula is C16H10N2O2S2. The van der Waals surface area contributed by atoms with Gasteiger partial charge in [-0.25, -0.2) is 0 Å². The van der Waals surface area contributed by atoms with Crippen LogP contribution < -0.4 is 5.56 Å². The van der Waals surface area contributed by atoms with Crippen LogP contribution in [-0.2, 0) is 0 Å². The summed E-state index contributed by atoms with van der Waals surface area (Å²) in [5.41, 5.74) is 1.38. The van der Waals surface area contributed by atoms with Gasteiger partial charge in [-0.15, -0.1) is 11.3 Å². The molecule has 0 aliphatic heterocycles. The zero-order chi connectivity index (χ0) is 15.1. The molecule has 4 nitrogen and oxygen atoms in total. The zero-order valence-corrected chi connectivity index (χ0v) is 12.9. The van der Waals surface area contributed by atoms with Crippen LogP contribution in [0.1, 0.15) is 0 Å². The van der Waals surface area contributed by atoms with E-state index in [0.29, 0.717) is 15.9 Å². The Labute approximate surface area is 134 Å². The number of hydrogen-bond acceptors (Lipinski definition) is 4. The zero-order valence-electron chi connectivity index (χ0n) is 11.3. The molecule has 0 amide bonds. The molecule has 0 saturated carbocycles. The van der Waals surface area contributed by atoms with Crippen molar-refractivity contribution in [1.82, 2.24) is 9.55 Å². The highest BCUT2D eigenvalue weighted by atomic mass is 32.1. The summed E-state index contributed by atoms with van der Waals surface area (Å²) < 4.78 is 7.33. The number of nitrogens with one attached hydrogen (secondary N) is 1. The van der Waals surface area contributed by atoms with Crippen molar-refractivity contribution in [3.63, 3.8) is 0 Å². The van der Waals surface area contributed by atoms with E-state index in [4.69, 9.17) is 16.6 Å². The molecule has 108 valence electrons. The molecule has 3 heterocycles. The lowest BCUT2D eigenvalue weighted by molar-refractivity contribution is 0.583. The fourth-order valence-corrected chi connectivity index (χ4v) is 3.74. The van der Waals surface area contributed by atoms with Gasteiger partial charge in [-0.1, -0.05) is 18.2 Å². The van der Waals surface area contributed by atoms with Crippen molar-refractivity contribution in [2.24, 2.45) is 0 Å². The van der Waals surface area contributed by atoms with Crippen molar-refractivity contribution in [1.29, 1.82) is 0 Å². The van der Waals surface area contributed by atoms with Crippen molar-refractivity contribution in [3.05, 3.63) is 69.2 Å². The van der Waals surface area contributed by atoms with E-state index in [2.05, 4.69) is 4.98 Å². The van der Waals surface area contributed by atoms with Crippen molar-refractivity contribution >= 4 is 33.8 Å². The number of H-pyrrole nitrogens is 1. The molecule has 22 heavy (non-hydrogen) atoms. The van der Waals surface area contributed by atoms with E-state index in [1.807, 2.05) is 41.8 Å². The molecule has 4 aromatic rings. The predicted molar refractivity (Wildman–Crippen MR) is 90.3 cm³/mol. The molecule has 4 rings (SSSR count). The van der Waals surface area contributed by atoms with Gasteiger partial charge in [-0.2, -0.15) is 0 Å². The largest absolute Gasteiger partial charge is 0.464 e. The van der Waals surface area contributed by atoms with Crippen LogP contribution in [-0.4, -0.2) is 9.55 Å². The second kappa shape index (κ2) is 5.08. The van der Waals surface area contributed by atoms with E-state index in [0.717, 1.165) is 16.1 Å². The third kappa shape index (κ3) is 1.96. The Morgan fingerprint density at radius 1 is 1.14 bits per heavy atom. The van der Waals surface area contributed by atoms with E-state index in [1.165, 1.54) is 15.9 Å². The van der Waals surface area contributed by atoms with Gasteiger partial charge in [0.1, 0.15) is 10.6 Å². The Morgan fingerprint density at radius 2 is 1.95 bits per heavy atom. The molecule has 0 radical (unpaired) electrons. The first-order valence-electron chi connectivity index (χ1n) is 6.61. The van der Waals surface area contributed by atoms with Gasteiger partial charge in [-0.05, 0) is 36.5 Å². The fourth-order valence-electron chi connectivity index (χ4n) is 2.44. The van der Waals surface area contributed by atoms with Crippen LogP contribution in [0.15, 0.2) is 63.3 Å². The van der Waals surface area contributed by atoms with Crippen LogP contribution in [0.25, 0.3) is 27.2 Å². The number of para-hydroxylation sites is 1. The smallest absolute Gasteiger partial charge is 0.268 e. The molecule has 0 unspecified atom stereocenters. The number of aromatic amines is 1. The maximum absolute atomic E-state index is 13.0. The average molecular weight is 326 g/mol. The van der Waals surface area contributed by atoms with E-state index in [-0.39, 0.29) is 5.56 Å². The first kappa shape index (κ1) is 13.2. The minimum Gasteiger partial charge on any atom is -0.464 e. The minimum absolute atomic E-state index is 0.141. The second-order valence-electron chi connectivity index (χ2n) is 4.74. The normalized spacial score (nSPS) is 11.1. The molecular weight excluding hydrogens is 316 g/mol. The van der Waals surface area contributed by atoms with Crippen molar-refractivity contribution in [2.75, 3.05) is 0 Å². The Hall–Kier alpha value is -2.44. The monoisotopic (exact) mass is 326 g/mol. The summed E-state index contributed by atoms with van der Waals surface area (Å²) in [7, 11) is 0. The maximum atomic E-state index is 13.0. The van der Waals surface area contributed by atoms with Crippen LogP contribution in [0.4, 0.5) is 0 Å². The fraction of sp³-hybridized carbons (Fsp3) is 0. The number of benzene rings is 1. The Balaban J connectivity index is 2.10. The summed E-state index contributed by atoms with van der Waals surface area (Å²) in [6.45, 7) is 0. The van der Waals surface area contributed by atoms with E-state index >= 15 is 0 Å². The summed E-state index contributed by atoms with van der Waals surface area (Å²) in [4.78, 5) is 16.9. The third-order valence-corrected chi connectivity index (χ3v) is 4.61. The first-order valence-corrected chi connectivity index (χ1v) is 7.90. The molecule has 1 N–H and O–H groups in total. The van der Waals surface area contributed by atoms with Gasteiger partial charge in [0.15, 0.2) is 4.77 Å². The highest BCUT2D eigenvalue weighted by Gasteiger charge is 2.16. The number of nitrogens with zero attached hydrogens (tertiary/aromatic N) is 1. The molecule has 0 fully saturated rings. The van der Waals surface area contributed by atoms with Crippen molar-refractivity contribution in [3.8, 4) is 17.0 Å². The van der Waals surface area contributed by atoms with E-state index in [1.54, 1.807) is 12.3 Å². The molecule has 0 atom stereocenters. The van der Waals surface area contributed by atoms with Gasteiger partial charge in [0.05, 0.1) is 17.3 Å². The van der Waals surface area contributed by atoms with Gasteiger partial charge < -0.3 is 9.40 Å². The summed E-state index contributed by atoms with van der Waals surface area (Å²) in [6.07, 6.45) is 1.60. The Morgan fingerprint density at radius 3 is 2.68 bits per heavy atom. The van der Waals surface area contributed by atoms with Gasteiger partial charge in [-0.3, -0.25) is 9.36 Å². The summed E-state index contributed by atoms with van der Waals surface area (Å²) in [5.74, 6) is 0.675. The number of hydrogen-bond donors (Lipinski definition) is 1. The molecule has 0 aliphatic rings. The lowest BCUT2D eigenvalue weighted by Crippen LogP contribution is -2.20. The maximum Gasteiger partial charge on any atom is 0.268 e. The number of furan rings is 1. The van der Waals surface area contributed by atoms with Crippen LogP contribution in [0.2, 0.25) is 0 Å². The highest BCUT2D eigenvalue weighted by Crippen LogP contribution is 2.31. The van der Waals surface area contributed by atoms with Gasteiger partial charge in [0.25, 0.3) is 5.56 Å². The number of thiophene rings is 1. The summed E-state index contributed by atoms with van der Waals surface area (Å²) in [6, 6.07) is 13.0. The Bertz CT molecular complexity index is 1060. The third-order valence-electron chi connectivity index (χ3n) is 3.43. The lowest BCUT2D eigenvalue weighted by Gasteiger charge is -2.06. The first-order chi connectivity index (χ1) is 10.8. The lowest BCUT2D eigenvalue weighted by atomic mass is 10.2. The van der Waals surface area contributed by atoms with Crippen molar-refractivity contribution in [2.45, 2.75) is 0 Å². The molecule has 0 saturated heterocycles. The average Bonchev–Trinajstić information content (AvgIpc) is 3.16. The summed E-state index contributed by atoms with van der Waals surface area (Å²) in [5, 5.41) is 2.50.